The zero-order valence-corrected chi connectivity index (χ0v) is 11.1. The molecule has 3 nitrogen and oxygen atoms in total. The molecule has 20 heavy (non-hydrogen) atoms. The van der Waals surface area contributed by atoms with E-state index in [0.29, 0.717) is 17.6 Å². The minimum atomic E-state index is -4.44. The number of carboxylic acid groups (broad SMARTS) is 1. The fraction of sp³-hybridized carbons (Fsp3) is 0.357. The molecule has 0 aromatic heterocycles. The molecular weight excluding hydrogens is 273 g/mol. The molecule has 0 bridgehead atoms. The molecule has 1 aromatic carbocycles. The van der Waals surface area contributed by atoms with E-state index < -0.39 is 17.7 Å². The first-order chi connectivity index (χ1) is 9.29. The molecule has 0 spiro atoms. The SMILES string of the molecule is CC/C(=C\CC(=O)O)c1ccc(C(F)(F)F)cc1OC. The van der Waals surface area contributed by atoms with Crippen molar-refractivity contribution in [2.45, 2.75) is 25.9 Å². The van der Waals surface area contributed by atoms with Crippen LogP contribution in [0, 0.1) is 0 Å². The van der Waals surface area contributed by atoms with Gasteiger partial charge in [-0.15, -0.1) is 0 Å². The number of allylic oxidation sites excluding steroid dienone is 1. The van der Waals surface area contributed by atoms with Gasteiger partial charge in [-0.2, -0.15) is 13.2 Å². The highest BCUT2D eigenvalue weighted by molar-refractivity contribution is 5.76. The van der Waals surface area contributed by atoms with Crippen LogP contribution in [-0.2, 0) is 11.0 Å². The van der Waals surface area contributed by atoms with Crippen LogP contribution in [0.3, 0.4) is 0 Å². The second-order valence-electron chi connectivity index (χ2n) is 4.09. The standard InChI is InChI=1S/C14H15F3O3/c1-3-9(4-7-13(18)19)11-6-5-10(14(15,16)17)8-12(11)20-2/h4-6,8H,3,7H2,1-2H3,(H,18,19)/b9-4+. The normalized spacial score (nSPS) is 12.3. The van der Waals surface area contributed by atoms with Crippen molar-refractivity contribution in [2.24, 2.45) is 0 Å². The van der Waals surface area contributed by atoms with Crippen molar-refractivity contribution < 1.29 is 27.8 Å². The third-order valence-electron chi connectivity index (χ3n) is 2.78. The molecule has 0 atom stereocenters. The van der Waals surface area contributed by atoms with Gasteiger partial charge in [0.2, 0.25) is 0 Å². The Morgan fingerprint density at radius 2 is 2.05 bits per heavy atom. The Morgan fingerprint density at radius 3 is 2.50 bits per heavy atom. The molecule has 0 fully saturated rings. The molecule has 0 aliphatic heterocycles. The molecular formula is C14H15F3O3. The van der Waals surface area contributed by atoms with Crippen molar-refractivity contribution in [2.75, 3.05) is 7.11 Å². The first-order valence-electron chi connectivity index (χ1n) is 5.96. The lowest BCUT2D eigenvalue weighted by molar-refractivity contribution is -0.138. The fourth-order valence-electron chi connectivity index (χ4n) is 1.79. The minimum Gasteiger partial charge on any atom is -0.496 e. The van der Waals surface area contributed by atoms with E-state index in [1.54, 1.807) is 6.92 Å². The Labute approximate surface area is 114 Å². The van der Waals surface area contributed by atoms with Crippen LogP contribution in [0.2, 0.25) is 0 Å². The van der Waals surface area contributed by atoms with Crippen molar-refractivity contribution in [3.8, 4) is 5.75 Å². The van der Waals surface area contributed by atoms with E-state index in [1.165, 1.54) is 19.3 Å². The summed E-state index contributed by atoms with van der Waals surface area (Å²) < 4.78 is 42.9. The first kappa shape index (κ1) is 16.1. The van der Waals surface area contributed by atoms with E-state index in [0.717, 1.165) is 12.1 Å². The molecule has 0 saturated carbocycles. The summed E-state index contributed by atoms with van der Waals surface area (Å²) >= 11 is 0. The molecule has 6 heteroatoms. The molecule has 0 aliphatic carbocycles. The van der Waals surface area contributed by atoms with Gasteiger partial charge in [-0.3, -0.25) is 4.79 Å². The summed E-state index contributed by atoms with van der Waals surface area (Å²) in [6, 6.07) is 3.18. The second-order valence-corrected chi connectivity index (χ2v) is 4.09. The molecule has 110 valence electrons. The number of alkyl halides is 3. The quantitative estimate of drug-likeness (QED) is 0.891. The van der Waals surface area contributed by atoms with Gasteiger partial charge in [-0.1, -0.05) is 19.1 Å². The number of ether oxygens (including phenoxy) is 1. The number of rotatable bonds is 5. The van der Waals surface area contributed by atoms with Crippen LogP contribution in [0.4, 0.5) is 13.2 Å². The number of methoxy groups -OCH3 is 1. The summed E-state index contributed by atoms with van der Waals surface area (Å²) in [6.07, 6.45) is -2.65. The molecule has 0 aliphatic rings. The maximum Gasteiger partial charge on any atom is 0.416 e. The maximum atomic E-state index is 12.6. The Hall–Kier alpha value is -1.98. The van der Waals surface area contributed by atoms with Crippen LogP contribution in [0.1, 0.15) is 30.9 Å². The number of benzene rings is 1. The smallest absolute Gasteiger partial charge is 0.416 e. The van der Waals surface area contributed by atoms with Gasteiger partial charge in [0.1, 0.15) is 5.75 Å². The Kier molecular flexibility index (Phi) is 5.19. The summed E-state index contributed by atoms with van der Waals surface area (Å²) in [5.74, 6) is -0.917. The fourth-order valence-corrected chi connectivity index (χ4v) is 1.79. The number of aliphatic carboxylic acids is 1. The summed E-state index contributed by atoms with van der Waals surface area (Å²) in [6.45, 7) is 1.80. The number of carbonyl (C=O) groups is 1. The summed E-state index contributed by atoms with van der Waals surface area (Å²) in [7, 11) is 1.28. The van der Waals surface area contributed by atoms with E-state index in [4.69, 9.17) is 9.84 Å². The molecule has 0 heterocycles. The van der Waals surface area contributed by atoms with Crippen molar-refractivity contribution in [3.05, 3.63) is 35.4 Å². The maximum absolute atomic E-state index is 12.6. The zero-order chi connectivity index (χ0) is 15.3. The van der Waals surface area contributed by atoms with Crippen molar-refractivity contribution in [3.63, 3.8) is 0 Å². The minimum absolute atomic E-state index is 0.0818. The van der Waals surface area contributed by atoms with Crippen LogP contribution in [0.5, 0.6) is 5.75 Å². The summed E-state index contributed by atoms with van der Waals surface area (Å²) in [5, 5.41) is 8.66. The number of carboxylic acids is 1. The van der Waals surface area contributed by atoms with Gasteiger partial charge in [0, 0.05) is 5.56 Å². The van der Waals surface area contributed by atoms with Gasteiger partial charge in [-0.25, -0.2) is 0 Å². The van der Waals surface area contributed by atoms with Gasteiger partial charge in [0.15, 0.2) is 0 Å². The third-order valence-corrected chi connectivity index (χ3v) is 2.78. The highest BCUT2D eigenvalue weighted by Gasteiger charge is 2.31. The van der Waals surface area contributed by atoms with Gasteiger partial charge in [0.05, 0.1) is 19.1 Å². The Bertz CT molecular complexity index is 519. The van der Waals surface area contributed by atoms with E-state index in [1.807, 2.05) is 0 Å². The molecule has 0 amide bonds. The first-order valence-corrected chi connectivity index (χ1v) is 5.96. The molecule has 1 rings (SSSR count). The van der Waals surface area contributed by atoms with Crippen LogP contribution >= 0.6 is 0 Å². The third kappa shape index (κ3) is 4.01. The van der Waals surface area contributed by atoms with Gasteiger partial charge in [-0.05, 0) is 24.1 Å². The molecule has 0 radical (unpaired) electrons. The highest BCUT2D eigenvalue weighted by Crippen LogP contribution is 2.36. The van der Waals surface area contributed by atoms with Crippen LogP contribution in [0.15, 0.2) is 24.3 Å². The largest absolute Gasteiger partial charge is 0.496 e. The average molecular weight is 288 g/mol. The Morgan fingerprint density at radius 1 is 1.40 bits per heavy atom. The summed E-state index contributed by atoms with van der Waals surface area (Å²) in [5.41, 5.74) is 0.314. The van der Waals surface area contributed by atoms with E-state index in [2.05, 4.69) is 0 Å². The lowest BCUT2D eigenvalue weighted by atomic mass is 9.99. The summed E-state index contributed by atoms with van der Waals surface area (Å²) in [4.78, 5) is 10.6. The Balaban J connectivity index is 3.23. The molecule has 0 saturated heterocycles. The number of hydrogen-bond acceptors (Lipinski definition) is 2. The lowest BCUT2D eigenvalue weighted by Gasteiger charge is -2.14. The molecule has 1 N–H and O–H groups in total. The van der Waals surface area contributed by atoms with Crippen LogP contribution in [-0.4, -0.2) is 18.2 Å². The average Bonchev–Trinajstić information content (AvgIpc) is 2.38. The predicted molar refractivity (Wildman–Crippen MR) is 68.5 cm³/mol. The van der Waals surface area contributed by atoms with E-state index in [9.17, 15) is 18.0 Å². The van der Waals surface area contributed by atoms with E-state index >= 15 is 0 Å². The van der Waals surface area contributed by atoms with Crippen molar-refractivity contribution in [1.82, 2.24) is 0 Å². The van der Waals surface area contributed by atoms with Gasteiger partial charge < -0.3 is 9.84 Å². The lowest BCUT2D eigenvalue weighted by Crippen LogP contribution is -2.06. The topological polar surface area (TPSA) is 46.5 Å². The zero-order valence-electron chi connectivity index (χ0n) is 11.1. The second kappa shape index (κ2) is 6.45. The van der Waals surface area contributed by atoms with Gasteiger partial charge in [0.25, 0.3) is 0 Å². The highest BCUT2D eigenvalue weighted by atomic mass is 19.4. The number of halogens is 3. The van der Waals surface area contributed by atoms with Crippen LogP contribution in [0.25, 0.3) is 5.57 Å². The molecule has 0 unspecified atom stereocenters. The number of hydrogen-bond donors (Lipinski definition) is 1. The van der Waals surface area contributed by atoms with Crippen LogP contribution < -0.4 is 4.74 Å². The molecule has 1 aromatic rings. The van der Waals surface area contributed by atoms with Crippen molar-refractivity contribution in [1.29, 1.82) is 0 Å². The monoisotopic (exact) mass is 288 g/mol. The van der Waals surface area contributed by atoms with Crippen molar-refractivity contribution >= 4 is 11.5 Å². The van der Waals surface area contributed by atoms with E-state index in [-0.39, 0.29) is 12.2 Å². The predicted octanol–water partition coefficient (Wildman–Crippen LogP) is 3.98. The van der Waals surface area contributed by atoms with Gasteiger partial charge >= 0.3 is 12.1 Å².